The van der Waals surface area contributed by atoms with E-state index in [4.69, 9.17) is 4.74 Å². The Morgan fingerprint density at radius 3 is 3.08 bits per heavy atom. The summed E-state index contributed by atoms with van der Waals surface area (Å²) in [6, 6.07) is 7.42. The smallest absolute Gasteiger partial charge is 0.224 e. The zero-order valence-electron chi connectivity index (χ0n) is 13.1. The number of aryl methyl sites for hydroxylation is 1. The highest BCUT2D eigenvalue weighted by atomic mass is 32.1. The third-order valence-corrected chi connectivity index (χ3v) is 4.18. The van der Waals surface area contributed by atoms with Crippen LogP contribution in [0.3, 0.4) is 0 Å². The van der Waals surface area contributed by atoms with Crippen LogP contribution in [-0.4, -0.2) is 27.0 Å². The minimum absolute atomic E-state index is 0.0271. The van der Waals surface area contributed by atoms with E-state index in [0.717, 1.165) is 23.0 Å². The number of hydrogen-bond acceptors (Lipinski definition) is 5. The van der Waals surface area contributed by atoms with Gasteiger partial charge in [-0.05, 0) is 12.1 Å². The number of anilines is 1. The predicted molar refractivity (Wildman–Crippen MR) is 93.2 cm³/mol. The van der Waals surface area contributed by atoms with Crippen molar-refractivity contribution < 1.29 is 9.53 Å². The molecule has 0 aliphatic carbocycles. The molecule has 0 atom stereocenters. The zero-order chi connectivity index (χ0) is 16.6. The number of thiazole rings is 1. The molecule has 0 bridgehead atoms. The Kier molecular flexibility index (Phi) is 5.57. The van der Waals surface area contributed by atoms with Gasteiger partial charge in [-0.2, -0.15) is 0 Å². The second-order valence-corrected chi connectivity index (χ2v) is 6.13. The molecule has 2 aromatic heterocycles. The number of aromatic nitrogens is 3. The highest BCUT2D eigenvalue weighted by Gasteiger charge is 2.05. The Morgan fingerprint density at radius 1 is 1.33 bits per heavy atom. The summed E-state index contributed by atoms with van der Waals surface area (Å²) in [4.78, 5) is 20.2. The summed E-state index contributed by atoms with van der Waals surface area (Å²) in [6.45, 7) is 1.27. The first-order valence-corrected chi connectivity index (χ1v) is 8.54. The van der Waals surface area contributed by atoms with Crippen molar-refractivity contribution in [2.24, 2.45) is 0 Å². The summed E-state index contributed by atoms with van der Waals surface area (Å²) in [7, 11) is 0. The standard InChI is InChI=1S/C17H18N4O2S/c22-16(4-5-17-19-7-11-24-17)20-14-2-1-3-15(12-14)23-10-9-21-8-6-18-13-21/h1-3,6-8,11-13H,4-5,9-10H2,(H,20,22). The van der Waals surface area contributed by atoms with E-state index < -0.39 is 0 Å². The lowest BCUT2D eigenvalue weighted by Crippen LogP contribution is -2.12. The van der Waals surface area contributed by atoms with Crippen LogP contribution in [0.15, 0.2) is 54.6 Å². The van der Waals surface area contributed by atoms with Crippen molar-refractivity contribution in [2.45, 2.75) is 19.4 Å². The van der Waals surface area contributed by atoms with Crippen molar-refractivity contribution in [1.29, 1.82) is 0 Å². The Bertz CT molecular complexity index is 757. The molecule has 24 heavy (non-hydrogen) atoms. The van der Waals surface area contributed by atoms with Gasteiger partial charge in [-0.1, -0.05) is 6.07 Å². The number of amides is 1. The fourth-order valence-corrected chi connectivity index (χ4v) is 2.79. The summed E-state index contributed by atoms with van der Waals surface area (Å²) < 4.78 is 7.66. The highest BCUT2D eigenvalue weighted by molar-refractivity contribution is 7.09. The fraction of sp³-hybridized carbons (Fsp3) is 0.235. The molecule has 7 heteroatoms. The molecular weight excluding hydrogens is 324 g/mol. The van der Waals surface area contributed by atoms with Crippen molar-refractivity contribution in [2.75, 3.05) is 11.9 Å². The third-order valence-electron chi connectivity index (χ3n) is 3.34. The van der Waals surface area contributed by atoms with Crippen molar-refractivity contribution in [1.82, 2.24) is 14.5 Å². The summed E-state index contributed by atoms with van der Waals surface area (Å²) in [5, 5.41) is 5.78. The van der Waals surface area contributed by atoms with E-state index >= 15 is 0 Å². The van der Waals surface area contributed by atoms with E-state index in [0.29, 0.717) is 19.4 Å². The van der Waals surface area contributed by atoms with Gasteiger partial charge in [-0.25, -0.2) is 9.97 Å². The number of nitrogens with one attached hydrogen (secondary N) is 1. The molecule has 0 radical (unpaired) electrons. The first kappa shape index (κ1) is 16.2. The minimum Gasteiger partial charge on any atom is -0.492 e. The third kappa shape index (κ3) is 4.92. The Morgan fingerprint density at radius 2 is 2.29 bits per heavy atom. The summed E-state index contributed by atoms with van der Waals surface area (Å²) >= 11 is 1.56. The fourth-order valence-electron chi connectivity index (χ4n) is 2.17. The molecule has 0 aliphatic rings. The van der Waals surface area contributed by atoms with Crippen LogP contribution >= 0.6 is 11.3 Å². The van der Waals surface area contributed by atoms with Gasteiger partial charge < -0.3 is 14.6 Å². The van der Waals surface area contributed by atoms with Crippen LogP contribution in [0.1, 0.15) is 11.4 Å². The van der Waals surface area contributed by atoms with E-state index in [1.807, 2.05) is 40.4 Å². The minimum atomic E-state index is -0.0271. The van der Waals surface area contributed by atoms with Gasteiger partial charge in [0.05, 0.1) is 17.9 Å². The molecule has 1 amide bonds. The Balaban J connectivity index is 1.46. The molecule has 0 fully saturated rings. The van der Waals surface area contributed by atoms with Crippen LogP contribution < -0.4 is 10.1 Å². The SMILES string of the molecule is O=C(CCc1nccs1)Nc1cccc(OCCn2ccnc2)c1. The summed E-state index contributed by atoms with van der Waals surface area (Å²) in [6.07, 6.45) is 8.21. The van der Waals surface area contributed by atoms with Crippen LogP contribution in [0.4, 0.5) is 5.69 Å². The van der Waals surface area contributed by atoms with Gasteiger partial charge in [0.1, 0.15) is 12.4 Å². The van der Waals surface area contributed by atoms with E-state index in [-0.39, 0.29) is 5.91 Å². The van der Waals surface area contributed by atoms with Gasteiger partial charge in [0, 0.05) is 48.6 Å². The zero-order valence-corrected chi connectivity index (χ0v) is 13.9. The van der Waals surface area contributed by atoms with Crippen LogP contribution in [0.5, 0.6) is 5.75 Å². The maximum absolute atomic E-state index is 12.0. The second-order valence-electron chi connectivity index (χ2n) is 5.15. The molecule has 3 rings (SSSR count). The average Bonchev–Trinajstić information content (AvgIpc) is 3.27. The van der Waals surface area contributed by atoms with Crippen molar-refractivity contribution in [3.8, 4) is 5.75 Å². The van der Waals surface area contributed by atoms with E-state index in [9.17, 15) is 4.79 Å². The Labute approximate surface area is 144 Å². The number of hydrogen-bond donors (Lipinski definition) is 1. The maximum atomic E-state index is 12.0. The molecule has 3 aromatic rings. The molecule has 124 valence electrons. The van der Waals surface area contributed by atoms with E-state index in [1.54, 1.807) is 30.1 Å². The van der Waals surface area contributed by atoms with Crippen LogP contribution in [0, 0.1) is 0 Å². The van der Waals surface area contributed by atoms with Crippen molar-refractivity contribution >= 4 is 22.9 Å². The monoisotopic (exact) mass is 342 g/mol. The number of ether oxygens (including phenoxy) is 1. The van der Waals surface area contributed by atoms with Crippen LogP contribution in [0.25, 0.3) is 0 Å². The average molecular weight is 342 g/mol. The van der Waals surface area contributed by atoms with Gasteiger partial charge in [-0.3, -0.25) is 4.79 Å². The Hall–Kier alpha value is -2.67. The van der Waals surface area contributed by atoms with E-state index in [1.165, 1.54) is 0 Å². The number of rotatable bonds is 8. The number of carbonyl (C=O) groups is 1. The van der Waals surface area contributed by atoms with E-state index in [2.05, 4.69) is 15.3 Å². The molecule has 6 nitrogen and oxygen atoms in total. The molecule has 0 spiro atoms. The molecular formula is C17H18N4O2S. The highest BCUT2D eigenvalue weighted by Crippen LogP contribution is 2.18. The second kappa shape index (κ2) is 8.26. The van der Waals surface area contributed by atoms with Crippen LogP contribution in [0.2, 0.25) is 0 Å². The molecule has 1 aromatic carbocycles. The lowest BCUT2D eigenvalue weighted by molar-refractivity contribution is -0.116. The molecule has 0 aliphatic heterocycles. The van der Waals surface area contributed by atoms with Gasteiger partial charge >= 0.3 is 0 Å². The number of nitrogens with zero attached hydrogens (tertiary/aromatic N) is 3. The first-order valence-electron chi connectivity index (χ1n) is 7.66. The normalized spacial score (nSPS) is 10.5. The lowest BCUT2D eigenvalue weighted by Gasteiger charge is -2.09. The number of imidazole rings is 1. The number of benzene rings is 1. The first-order chi connectivity index (χ1) is 11.8. The molecule has 0 saturated carbocycles. The number of carbonyl (C=O) groups excluding carboxylic acids is 1. The molecule has 1 N–H and O–H groups in total. The molecule has 0 unspecified atom stereocenters. The van der Waals surface area contributed by atoms with Gasteiger partial charge in [0.15, 0.2) is 0 Å². The van der Waals surface area contributed by atoms with Crippen LogP contribution in [-0.2, 0) is 17.8 Å². The quantitative estimate of drug-likeness (QED) is 0.683. The largest absolute Gasteiger partial charge is 0.492 e. The molecule has 2 heterocycles. The summed E-state index contributed by atoms with van der Waals surface area (Å²) in [5.74, 6) is 0.702. The molecule has 0 saturated heterocycles. The lowest BCUT2D eigenvalue weighted by atomic mass is 10.2. The van der Waals surface area contributed by atoms with Gasteiger partial charge in [0.25, 0.3) is 0 Å². The van der Waals surface area contributed by atoms with Crippen molar-refractivity contribution in [3.63, 3.8) is 0 Å². The van der Waals surface area contributed by atoms with Gasteiger partial charge in [0.2, 0.25) is 5.91 Å². The topological polar surface area (TPSA) is 69.0 Å². The summed E-state index contributed by atoms with van der Waals surface area (Å²) in [5.41, 5.74) is 0.735. The van der Waals surface area contributed by atoms with Crippen molar-refractivity contribution in [3.05, 3.63) is 59.6 Å². The maximum Gasteiger partial charge on any atom is 0.224 e. The van der Waals surface area contributed by atoms with Gasteiger partial charge in [-0.15, -0.1) is 11.3 Å². The predicted octanol–water partition coefficient (Wildman–Crippen LogP) is 2.99.